The van der Waals surface area contributed by atoms with Crippen molar-refractivity contribution in [3.05, 3.63) is 27.2 Å². The Morgan fingerprint density at radius 2 is 1.83 bits per heavy atom. The van der Waals surface area contributed by atoms with Crippen LogP contribution in [-0.2, 0) is 10.2 Å². The molecule has 0 saturated heterocycles. The Morgan fingerprint density at radius 3 is 2.28 bits per heavy atom. The fourth-order valence-electron chi connectivity index (χ4n) is 1.63. The lowest BCUT2D eigenvalue weighted by molar-refractivity contribution is -0.115. The summed E-state index contributed by atoms with van der Waals surface area (Å²) in [6, 6.07) is 1.91. The summed E-state index contributed by atoms with van der Waals surface area (Å²) in [6.07, 6.45) is 0.435. The van der Waals surface area contributed by atoms with Gasteiger partial charge in [0.1, 0.15) is 0 Å². The Bertz CT molecular complexity index is 476. The number of benzene rings is 1. The average molecular weight is 288 g/mol. The third kappa shape index (κ3) is 3.18. The number of nitrogens with one attached hydrogen (secondary N) is 1. The molecule has 1 aromatic carbocycles. The predicted octanol–water partition coefficient (Wildman–Crippen LogP) is 4.95. The molecule has 1 N–H and O–H groups in total. The molecule has 0 bridgehead atoms. The van der Waals surface area contributed by atoms with Gasteiger partial charge in [0, 0.05) is 12.1 Å². The number of rotatable bonds is 2. The Balaban J connectivity index is 3.37. The molecule has 0 unspecified atom stereocenters. The van der Waals surface area contributed by atoms with Crippen LogP contribution in [0.1, 0.15) is 45.2 Å². The van der Waals surface area contributed by atoms with E-state index in [0.29, 0.717) is 16.5 Å². The summed E-state index contributed by atoms with van der Waals surface area (Å²) in [6.45, 7) is 9.85. The van der Waals surface area contributed by atoms with E-state index in [1.807, 2.05) is 19.9 Å². The van der Waals surface area contributed by atoms with Crippen LogP contribution in [0.15, 0.2) is 6.07 Å². The lowest BCUT2D eigenvalue weighted by atomic mass is 9.86. The molecule has 2 nitrogen and oxygen atoms in total. The smallest absolute Gasteiger partial charge is 0.224 e. The maximum absolute atomic E-state index is 11.5. The average Bonchev–Trinajstić information content (AvgIpc) is 2.28. The highest BCUT2D eigenvalue weighted by atomic mass is 35.5. The van der Waals surface area contributed by atoms with Crippen molar-refractivity contribution < 1.29 is 4.79 Å². The molecule has 0 aliphatic heterocycles. The number of hydrogen-bond acceptors (Lipinski definition) is 1. The van der Waals surface area contributed by atoms with Crippen LogP contribution in [0.25, 0.3) is 0 Å². The molecule has 18 heavy (non-hydrogen) atoms. The van der Waals surface area contributed by atoms with Crippen LogP contribution in [-0.4, -0.2) is 5.91 Å². The second-order valence-corrected chi connectivity index (χ2v) is 6.13. The maximum Gasteiger partial charge on any atom is 0.224 e. The topological polar surface area (TPSA) is 29.1 Å². The lowest BCUT2D eigenvalue weighted by Crippen LogP contribution is -2.16. The maximum atomic E-state index is 11.5. The van der Waals surface area contributed by atoms with E-state index in [-0.39, 0.29) is 11.3 Å². The van der Waals surface area contributed by atoms with E-state index in [1.54, 1.807) is 0 Å². The van der Waals surface area contributed by atoms with Crippen LogP contribution in [0.3, 0.4) is 0 Å². The van der Waals surface area contributed by atoms with Gasteiger partial charge in [0.2, 0.25) is 5.91 Å². The minimum absolute atomic E-state index is 0.0312. The number of carbonyl (C=O) groups excluding carboxylic acids is 1. The van der Waals surface area contributed by atoms with Gasteiger partial charge in [-0.2, -0.15) is 0 Å². The third-order valence-corrected chi connectivity index (χ3v) is 3.82. The number of hydrogen-bond donors (Lipinski definition) is 1. The Morgan fingerprint density at radius 1 is 1.28 bits per heavy atom. The van der Waals surface area contributed by atoms with Crippen molar-refractivity contribution in [2.45, 2.75) is 46.5 Å². The molecule has 1 amide bonds. The monoisotopic (exact) mass is 287 g/mol. The van der Waals surface area contributed by atoms with Gasteiger partial charge in [0.15, 0.2) is 0 Å². The van der Waals surface area contributed by atoms with Gasteiger partial charge in [-0.1, -0.05) is 50.9 Å². The minimum Gasteiger partial charge on any atom is -0.326 e. The van der Waals surface area contributed by atoms with E-state index in [0.717, 1.165) is 16.8 Å². The first-order valence-corrected chi connectivity index (χ1v) is 6.73. The molecule has 0 radical (unpaired) electrons. The van der Waals surface area contributed by atoms with E-state index in [4.69, 9.17) is 23.2 Å². The third-order valence-electron chi connectivity index (χ3n) is 2.85. The molecule has 0 fully saturated rings. The molecular weight excluding hydrogens is 269 g/mol. The highest BCUT2D eigenvalue weighted by Gasteiger charge is 2.22. The number of amides is 1. The lowest BCUT2D eigenvalue weighted by Gasteiger charge is -2.24. The van der Waals surface area contributed by atoms with Crippen molar-refractivity contribution in [2.75, 3.05) is 5.32 Å². The van der Waals surface area contributed by atoms with Crippen molar-refractivity contribution in [1.82, 2.24) is 0 Å². The summed E-state index contributed by atoms with van der Waals surface area (Å²) in [5.74, 6) is -0.0312. The van der Waals surface area contributed by atoms with Crippen molar-refractivity contribution in [2.24, 2.45) is 0 Å². The summed E-state index contributed by atoms with van der Waals surface area (Å²) in [5, 5.41) is 3.93. The fourth-order valence-corrected chi connectivity index (χ4v) is 2.31. The van der Waals surface area contributed by atoms with Crippen LogP contribution in [0.5, 0.6) is 0 Å². The van der Waals surface area contributed by atoms with Crippen LogP contribution < -0.4 is 5.32 Å². The second-order valence-electron chi connectivity index (χ2n) is 5.38. The Kier molecular flexibility index (Phi) is 4.68. The van der Waals surface area contributed by atoms with Gasteiger partial charge in [-0.25, -0.2) is 0 Å². The molecule has 0 aliphatic rings. The van der Waals surface area contributed by atoms with Gasteiger partial charge in [-0.3, -0.25) is 4.79 Å². The number of anilines is 1. The summed E-state index contributed by atoms with van der Waals surface area (Å²) in [4.78, 5) is 11.5. The zero-order chi connectivity index (χ0) is 14.1. The highest BCUT2D eigenvalue weighted by Crippen LogP contribution is 2.39. The van der Waals surface area contributed by atoms with E-state index in [9.17, 15) is 4.79 Å². The molecule has 0 atom stereocenters. The first kappa shape index (κ1) is 15.3. The van der Waals surface area contributed by atoms with Crippen LogP contribution in [0, 0.1) is 6.92 Å². The van der Waals surface area contributed by atoms with Crippen LogP contribution in [0.2, 0.25) is 10.0 Å². The molecule has 0 heterocycles. The minimum atomic E-state index is -0.125. The van der Waals surface area contributed by atoms with E-state index >= 15 is 0 Å². The fraction of sp³-hybridized carbons (Fsp3) is 0.500. The SMILES string of the molecule is CCC(=O)Nc1cc(C(C)(C)C)c(Cl)c(Cl)c1C. The van der Waals surface area contributed by atoms with Crippen LogP contribution >= 0.6 is 23.2 Å². The highest BCUT2D eigenvalue weighted by molar-refractivity contribution is 6.43. The van der Waals surface area contributed by atoms with Gasteiger partial charge >= 0.3 is 0 Å². The molecule has 0 spiro atoms. The normalized spacial score (nSPS) is 11.5. The molecule has 100 valence electrons. The molecule has 0 aromatic heterocycles. The molecular formula is C14H19Cl2NO. The first-order chi connectivity index (χ1) is 8.18. The molecule has 1 aromatic rings. The van der Waals surface area contributed by atoms with Gasteiger partial charge < -0.3 is 5.32 Å². The quantitative estimate of drug-likeness (QED) is 0.819. The largest absolute Gasteiger partial charge is 0.326 e. The summed E-state index contributed by atoms with van der Waals surface area (Å²) in [7, 11) is 0. The van der Waals surface area contributed by atoms with Gasteiger partial charge in [-0.05, 0) is 29.5 Å². The molecule has 0 aliphatic carbocycles. The number of carbonyl (C=O) groups is 1. The molecule has 0 saturated carbocycles. The van der Waals surface area contributed by atoms with Gasteiger partial charge in [0.05, 0.1) is 10.0 Å². The second kappa shape index (κ2) is 5.50. The standard InChI is InChI=1S/C14H19Cl2NO/c1-6-11(18)17-10-7-9(14(3,4)5)13(16)12(15)8(10)2/h7H,6H2,1-5H3,(H,17,18). The summed E-state index contributed by atoms with van der Waals surface area (Å²) >= 11 is 12.5. The van der Waals surface area contributed by atoms with E-state index < -0.39 is 0 Å². The van der Waals surface area contributed by atoms with Crippen molar-refractivity contribution in [3.63, 3.8) is 0 Å². The zero-order valence-corrected chi connectivity index (χ0v) is 13.0. The number of halogens is 2. The Labute approximate surface area is 119 Å². The van der Waals surface area contributed by atoms with Gasteiger partial charge in [-0.15, -0.1) is 0 Å². The van der Waals surface area contributed by atoms with Crippen molar-refractivity contribution in [1.29, 1.82) is 0 Å². The Hall–Kier alpha value is -0.730. The van der Waals surface area contributed by atoms with Gasteiger partial charge in [0.25, 0.3) is 0 Å². The molecule has 1 rings (SSSR count). The predicted molar refractivity (Wildman–Crippen MR) is 78.8 cm³/mol. The van der Waals surface area contributed by atoms with Crippen molar-refractivity contribution in [3.8, 4) is 0 Å². The first-order valence-electron chi connectivity index (χ1n) is 5.97. The summed E-state index contributed by atoms with van der Waals surface area (Å²) in [5.41, 5.74) is 2.35. The van der Waals surface area contributed by atoms with Crippen molar-refractivity contribution >= 4 is 34.8 Å². The molecule has 4 heteroatoms. The van der Waals surface area contributed by atoms with Crippen LogP contribution in [0.4, 0.5) is 5.69 Å². The summed E-state index contributed by atoms with van der Waals surface area (Å²) < 4.78 is 0. The van der Waals surface area contributed by atoms with E-state index in [2.05, 4.69) is 26.1 Å². The zero-order valence-electron chi connectivity index (χ0n) is 11.4. The van der Waals surface area contributed by atoms with E-state index in [1.165, 1.54) is 0 Å².